The standard InChI is InChI=1S/C16H22N2O2/c1-12-6-8-18(9-7-12)16(19)17-14-10-13-4-2-3-5-15(13)20-11-14/h2-5,12,14H,6-11H2,1H3,(H,17,19). The SMILES string of the molecule is CC1CCN(C(=O)NC2COc3ccccc3C2)CC1. The molecular formula is C16H22N2O2. The van der Waals surface area contributed by atoms with Crippen LogP contribution in [-0.4, -0.2) is 36.7 Å². The van der Waals surface area contributed by atoms with Crippen LogP contribution in [0, 0.1) is 5.92 Å². The van der Waals surface area contributed by atoms with Crippen LogP contribution in [0.4, 0.5) is 4.79 Å². The number of urea groups is 1. The van der Waals surface area contributed by atoms with Crippen molar-refractivity contribution in [3.8, 4) is 5.75 Å². The highest BCUT2D eigenvalue weighted by molar-refractivity contribution is 5.74. The van der Waals surface area contributed by atoms with E-state index in [1.165, 1.54) is 5.56 Å². The van der Waals surface area contributed by atoms with Gasteiger partial charge in [0.05, 0.1) is 6.04 Å². The Kier molecular flexibility index (Phi) is 3.81. The third-order valence-corrected chi connectivity index (χ3v) is 4.28. The average molecular weight is 274 g/mol. The lowest BCUT2D eigenvalue weighted by Crippen LogP contribution is -2.50. The first-order chi connectivity index (χ1) is 9.72. The van der Waals surface area contributed by atoms with Crippen LogP contribution in [0.2, 0.25) is 0 Å². The van der Waals surface area contributed by atoms with Crippen molar-refractivity contribution >= 4 is 6.03 Å². The number of amides is 2. The van der Waals surface area contributed by atoms with Crippen LogP contribution in [0.3, 0.4) is 0 Å². The van der Waals surface area contributed by atoms with Crippen molar-refractivity contribution in [1.29, 1.82) is 0 Å². The van der Waals surface area contributed by atoms with Crippen LogP contribution in [0.5, 0.6) is 5.75 Å². The molecule has 0 saturated carbocycles. The molecular weight excluding hydrogens is 252 g/mol. The molecule has 2 aliphatic heterocycles. The smallest absolute Gasteiger partial charge is 0.317 e. The first kappa shape index (κ1) is 13.3. The summed E-state index contributed by atoms with van der Waals surface area (Å²) in [5, 5.41) is 3.11. The Morgan fingerprint density at radius 3 is 2.85 bits per heavy atom. The Hall–Kier alpha value is -1.71. The molecule has 0 spiro atoms. The normalized spacial score (nSPS) is 22.9. The summed E-state index contributed by atoms with van der Waals surface area (Å²) in [7, 11) is 0. The Bertz CT molecular complexity index is 481. The van der Waals surface area contributed by atoms with Crippen molar-refractivity contribution in [2.24, 2.45) is 5.92 Å². The fourth-order valence-corrected chi connectivity index (χ4v) is 2.90. The van der Waals surface area contributed by atoms with Crippen LogP contribution in [-0.2, 0) is 6.42 Å². The fraction of sp³-hybridized carbons (Fsp3) is 0.562. The molecule has 1 saturated heterocycles. The molecule has 0 bridgehead atoms. The molecule has 3 rings (SSSR count). The number of fused-ring (bicyclic) bond motifs is 1. The number of hydrogen-bond donors (Lipinski definition) is 1. The van der Waals surface area contributed by atoms with Crippen LogP contribution >= 0.6 is 0 Å². The van der Waals surface area contributed by atoms with Gasteiger partial charge in [-0.1, -0.05) is 25.1 Å². The maximum absolute atomic E-state index is 12.2. The Balaban J connectivity index is 1.55. The lowest BCUT2D eigenvalue weighted by atomic mass is 9.99. The van der Waals surface area contributed by atoms with E-state index in [2.05, 4.69) is 18.3 Å². The molecule has 0 aliphatic carbocycles. The Morgan fingerprint density at radius 1 is 1.30 bits per heavy atom. The molecule has 4 nitrogen and oxygen atoms in total. The maximum Gasteiger partial charge on any atom is 0.317 e. The third kappa shape index (κ3) is 2.89. The zero-order chi connectivity index (χ0) is 13.9. The van der Waals surface area contributed by atoms with E-state index >= 15 is 0 Å². The van der Waals surface area contributed by atoms with E-state index in [9.17, 15) is 4.79 Å². The van der Waals surface area contributed by atoms with Gasteiger partial charge in [0.25, 0.3) is 0 Å². The van der Waals surface area contributed by atoms with Gasteiger partial charge in [-0.3, -0.25) is 0 Å². The van der Waals surface area contributed by atoms with Gasteiger partial charge in [0.15, 0.2) is 0 Å². The van der Waals surface area contributed by atoms with Gasteiger partial charge in [-0.15, -0.1) is 0 Å². The molecule has 4 heteroatoms. The molecule has 20 heavy (non-hydrogen) atoms. The van der Waals surface area contributed by atoms with Crippen LogP contribution in [0.15, 0.2) is 24.3 Å². The summed E-state index contributed by atoms with van der Waals surface area (Å²) in [6.45, 7) is 4.56. The van der Waals surface area contributed by atoms with Gasteiger partial charge in [-0.2, -0.15) is 0 Å². The van der Waals surface area contributed by atoms with Crippen molar-refractivity contribution in [2.45, 2.75) is 32.2 Å². The minimum atomic E-state index is 0.0601. The molecule has 1 aromatic carbocycles. The molecule has 1 aromatic rings. The Morgan fingerprint density at radius 2 is 2.05 bits per heavy atom. The fourth-order valence-electron chi connectivity index (χ4n) is 2.90. The van der Waals surface area contributed by atoms with E-state index in [1.54, 1.807) is 0 Å². The van der Waals surface area contributed by atoms with Crippen molar-refractivity contribution in [3.63, 3.8) is 0 Å². The first-order valence-corrected chi connectivity index (χ1v) is 7.48. The minimum Gasteiger partial charge on any atom is -0.491 e. The van der Waals surface area contributed by atoms with Gasteiger partial charge in [-0.05, 0) is 36.8 Å². The maximum atomic E-state index is 12.2. The van der Waals surface area contributed by atoms with Crippen molar-refractivity contribution < 1.29 is 9.53 Å². The van der Waals surface area contributed by atoms with E-state index < -0.39 is 0 Å². The summed E-state index contributed by atoms with van der Waals surface area (Å²) in [5.74, 6) is 1.69. The van der Waals surface area contributed by atoms with Gasteiger partial charge < -0.3 is 15.0 Å². The average Bonchev–Trinajstić information content (AvgIpc) is 2.48. The van der Waals surface area contributed by atoms with E-state index in [-0.39, 0.29) is 12.1 Å². The first-order valence-electron chi connectivity index (χ1n) is 7.48. The lowest BCUT2D eigenvalue weighted by Gasteiger charge is -2.33. The highest BCUT2D eigenvalue weighted by Crippen LogP contribution is 2.24. The lowest BCUT2D eigenvalue weighted by molar-refractivity contribution is 0.161. The second kappa shape index (κ2) is 5.73. The number of likely N-dealkylation sites (tertiary alicyclic amines) is 1. The van der Waals surface area contributed by atoms with E-state index in [4.69, 9.17) is 4.74 Å². The molecule has 108 valence electrons. The van der Waals surface area contributed by atoms with Gasteiger partial charge in [0, 0.05) is 13.1 Å². The molecule has 2 aliphatic rings. The summed E-state index contributed by atoms with van der Waals surface area (Å²) in [6.07, 6.45) is 3.07. The number of hydrogen-bond acceptors (Lipinski definition) is 2. The summed E-state index contributed by atoms with van der Waals surface area (Å²) in [5.41, 5.74) is 1.18. The quantitative estimate of drug-likeness (QED) is 0.854. The predicted octanol–water partition coefficient (Wildman–Crippen LogP) is 2.43. The number of nitrogens with one attached hydrogen (secondary N) is 1. The van der Waals surface area contributed by atoms with E-state index in [0.717, 1.165) is 44.0 Å². The topological polar surface area (TPSA) is 41.6 Å². The second-order valence-corrected chi connectivity index (χ2v) is 5.94. The van der Waals surface area contributed by atoms with Gasteiger partial charge in [-0.25, -0.2) is 4.79 Å². The summed E-state index contributed by atoms with van der Waals surface area (Å²) >= 11 is 0. The summed E-state index contributed by atoms with van der Waals surface area (Å²) in [6, 6.07) is 8.18. The monoisotopic (exact) mass is 274 g/mol. The molecule has 1 N–H and O–H groups in total. The van der Waals surface area contributed by atoms with Crippen LogP contribution in [0.1, 0.15) is 25.3 Å². The molecule has 0 aromatic heterocycles. The number of para-hydroxylation sites is 1. The van der Waals surface area contributed by atoms with Gasteiger partial charge in [0.1, 0.15) is 12.4 Å². The van der Waals surface area contributed by atoms with Gasteiger partial charge >= 0.3 is 6.03 Å². The van der Waals surface area contributed by atoms with E-state index in [0.29, 0.717) is 6.61 Å². The summed E-state index contributed by atoms with van der Waals surface area (Å²) in [4.78, 5) is 14.2. The third-order valence-electron chi connectivity index (χ3n) is 4.28. The Labute approximate surface area is 120 Å². The zero-order valence-corrected chi connectivity index (χ0v) is 12.0. The number of benzene rings is 1. The van der Waals surface area contributed by atoms with Crippen molar-refractivity contribution in [1.82, 2.24) is 10.2 Å². The van der Waals surface area contributed by atoms with Crippen molar-refractivity contribution in [2.75, 3.05) is 19.7 Å². The molecule has 2 amide bonds. The molecule has 2 heterocycles. The molecule has 1 unspecified atom stereocenters. The largest absolute Gasteiger partial charge is 0.491 e. The molecule has 1 fully saturated rings. The van der Waals surface area contributed by atoms with Crippen LogP contribution < -0.4 is 10.1 Å². The van der Waals surface area contributed by atoms with Gasteiger partial charge in [0.2, 0.25) is 0 Å². The van der Waals surface area contributed by atoms with Crippen molar-refractivity contribution in [3.05, 3.63) is 29.8 Å². The second-order valence-electron chi connectivity index (χ2n) is 5.94. The molecule has 0 radical (unpaired) electrons. The predicted molar refractivity (Wildman–Crippen MR) is 77.9 cm³/mol. The highest BCUT2D eigenvalue weighted by atomic mass is 16.5. The van der Waals surface area contributed by atoms with Crippen LogP contribution in [0.25, 0.3) is 0 Å². The number of carbonyl (C=O) groups excluding carboxylic acids is 1. The zero-order valence-electron chi connectivity index (χ0n) is 12.0. The number of carbonyl (C=O) groups is 1. The van der Waals surface area contributed by atoms with E-state index in [1.807, 2.05) is 23.1 Å². The molecule has 1 atom stereocenters. The number of ether oxygens (including phenoxy) is 1. The number of piperidine rings is 1. The number of rotatable bonds is 1. The summed E-state index contributed by atoms with van der Waals surface area (Å²) < 4.78 is 5.71. The highest BCUT2D eigenvalue weighted by Gasteiger charge is 2.25. The minimum absolute atomic E-state index is 0.0601. The number of nitrogens with zero attached hydrogens (tertiary/aromatic N) is 1.